The number of hydrogen-bond donors (Lipinski definition) is 3. The number of ether oxygens (including phenoxy) is 3. The van der Waals surface area contributed by atoms with E-state index in [9.17, 15) is 14.4 Å². The summed E-state index contributed by atoms with van der Waals surface area (Å²) in [6, 6.07) is 11.6. The fraction of sp³-hybridized carbons (Fsp3) is 0.286. The molecule has 0 saturated heterocycles. The number of fused-ring (bicyclic) bond motifs is 1. The number of carbonyl (C=O) groups excluding carboxylic acids is 3. The van der Waals surface area contributed by atoms with Crippen LogP contribution in [0.2, 0.25) is 0 Å². The van der Waals surface area contributed by atoms with Crippen molar-refractivity contribution in [3.05, 3.63) is 48.0 Å². The predicted molar refractivity (Wildman–Crippen MR) is 109 cm³/mol. The van der Waals surface area contributed by atoms with Gasteiger partial charge in [0.25, 0.3) is 11.8 Å². The Kier molecular flexibility index (Phi) is 6.74. The Balaban J connectivity index is 1.48. The smallest absolute Gasteiger partial charge is 0.265 e. The molecule has 1 heterocycles. The Hall–Kier alpha value is -3.75. The Labute approximate surface area is 173 Å². The molecule has 9 heteroatoms. The lowest BCUT2D eigenvalue weighted by molar-refractivity contribution is -0.122. The molecule has 2 aromatic rings. The maximum Gasteiger partial charge on any atom is 0.265 e. The first-order chi connectivity index (χ1) is 14.4. The van der Waals surface area contributed by atoms with Gasteiger partial charge in [-0.25, -0.2) is 0 Å². The zero-order chi connectivity index (χ0) is 21.5. The van der Waals surface area contributed by atoms with Crippen LogP contribution < -0.4 is 30.2 Å². The normalized spacial score (nSPS) is 12.6. The number of hydrogen-bond acceptors (Lipinski definition) is 6. The van der Waals surface area contributed by atoms with Gasteiger partial charge < -0.3 is 30.2 Å². The number of rotatable bonds is 8. The van der Waals surface area contributed by atoms with Gasteiger partial charge in [-0.3, -0.25) is 14.4 Å². The molecule has 0 radical (unpaired) electrons. The molecule has 9 nitrogen and oxygen atoms in total. The fourth-order valence-corrected chi connectivity index (χ4v) is 2.67. The molecule has 3 N–H and O–H groups in total. The summed E-state index contributed by atoms with van der Waals surface area (Å²) in [5.41, 5.74) is 0.983. The highest BCUT2D eigenvalue weighted by Crippen LogP contribution is 2.35. The van der Waals surface area contributed by atoms with Crippen LogP contribution in [0.4, 0.5) is 5.69 Å². The van der Waals surface area contributed by atoms with Crippen molar-refractivity contribution in [2.75, 3.05) is 25.2 Å². The van der Waals surface area contributed by atoms with E-state index in [2.05, 4.69) is 16.0 Å². The lowest BCUT2D eigenvalue weighted by Crippen LogP contribution is -2.33. The Morgan fingerprint density at radius 1 is 1.00 bits per heavy atom. The topological polar surface area (TPSA) is 115 Å². The molecule has 0 aliphatic carbocycles. The first kappa shape index (κ1) is 21.0. The van der Waals surface area contributed by atoms with Crippen molar-refractivity contribution in [1.82, 2.24) is 10.6 Å². The van der Waals surface area contributed by atoms with Crippen LogP contribution in [0.15, 0.2) is 42.5 Å². The summed E-state index contributed by atoms with van der Waals surface area (Å²) < 4.78 is 16.2. The molecule has 1 aliphatic heterocycles. The van der Waals surface area contributed by atoms with E-state index in [1.165, 1.54) is 6.92 Å². The van der Waals surface area contributed by atoms with Gasteiger partial charge in [-0.05, 0) is 43.3 Å². The van der Waals surface area contributed by atoms with Crippen LogP contribution in [0.5, 0.6) is 17.2 Å². The van der Waals surface area contributed by atoms with E-state index in [1.807, 2.05) is 0 Å². The molecule has 1 atom stereocenters. The summed E-state index contributed by atoms with van der Waals surface area (Å²) in [6.07, 6.45) is -0.748. The third-order valence-corrected chi connectivity index (χ3v) is 4.23. The van der Waals surface area contributed by atoms with Crippen molar-refractivity contribution in [2.45, 2.75) is 20.0 Å². The second-order valence-corrected chi connectivity index (χ2v) is 6.58. The monoisotopic (exact) mass is 413 g/mol. The van der Waals surface area contributed by atoms with Crippen LogP contribution in [-0.4, -0.2) is 43.7 Å². The van der Waals surface area contributed by atoms with Gasteiger partial charge >= 0.3 is 0 Å². The van der Waals surface area contributed by atoms with Gasteiger partial charge in [0, 0.05) is 37.3 Å². The second-order valence-electron chi connectivity index (χ2n) is 6.58. The van der Waals surface area contributed by atoms with Crippen LogP contribution in [0.25, 0.3) is 0 Å². The predicted octanol–water partition coefficient (Wildman–Crippen LogP) is 1.69. The molecule has 2 aromatic carbocycles. The van der Waals surface area contributed by atoms with Gasteiger partial charge in [0.15, 0.2) is 17.6 Å². The summed E-state index contributed by atoms with van der Waals surface area (Å²) in [5, 5.41) is 8.04. The summed E-state index contributed by atoms with van der Waals surface area (Å²) >= 11 is 0. The maximum atomic E-state index is 12.4. The number of carbonyl (C=O) groups is 3. The van der Waals surface area contributed by atoms with E-state index >= 15 is 0 Å². The Bertz CT molecular complexity index is 929. The minimum Gasteiger partial charge on any atom is -0.481 e. The number of benzene rings is 2. The van der Waals surface area contributed by atoms with Crippen molar-refractivity contribution >= 4 is 23.4 Å². The van der Waals surface area contributed by atoms with Crippen LogP contribution in [0.1, 0.15) is 24.2 Å². The highest BCUT2D eigenvalue weighted by atomic mass is 16.7. The van der Waals surface area contributed by atoms with Gasteiger partial charge in [-0.15, -0.1) is 0 Å². The Morgan fingerprint density at radius 2 is 1.70 bits per heavy atom. The lowest BCUT2D eigenvalue weighted by Gasteiger charge is -2.15. The standard InChI is InChI=1S/C21H23N3O6/c1-13(30-17-7-8-18-19(11-17)29-12-28-18)20(26)24-16-5-3-15(4-6-16)21(27)23-10-9-22-14(2)25/h3-8,11,13H,9-10,12H2,1-2H3,(H,22,25)(H,23,27)(H,24,26). The molecule has 0 fully saturated rings. The highest BCUT2D eigenvalue weighted by Gasteiger charge is 2.18. The lowest BCUT2D eigenvalue weighted by atomic mass is 10.2. The molecular weight excluding hydrogens is 390 g/mol. The van der Waals surface area contributed by atoms with Crippen molar-refractivity contribution in [3.63, 3.8) is 0 Å². The summed E-state index contributed by atoms with van der Waals surface area (Å²) in [7, 11) is 0. The van der Waals surface area contributed by atoms with Crippen molar-refractivity contribution < 1.29 is 28.6 Å². The first-order valence-electron chi connectivity index (χ1n) is 9.42. The number of amides is 3. The van der Waals surface area contributed by atoms with Crippen LogP contribution >= 0.6 is 0 Å². The number of nitrogens with one attached hydrogen (secondary N) is 3. The fourth-order valence-electron chi connectivity index (χ4n) is 2.67. The molecule has 1 unspecified atom stereocenters. The van der Waals surface area contributed by atoms with Crippen molar-refractivity contribution in [3.8, 4) is 17.2 Å². The van der Waals surface area contributed by atoms with Gasteiger partial charge in [-0.1, -0.05) is 0 Å². The number of anilines is 1. The average Bonchev–Trinajstić information content (AvgIpc) is 3.19. The molecule has 0 bridgehead atoms. The van der Waals surface area contributed by atoms with Gasteiger partial charge in [0.1, 0.15) is 5.75 Å². The molecule has 0 saturated carbocycles. The molecule has 0 spiro atoms. The van der Waals surface area contributed by atoms with E-state index in [4.69, 9.17) is 14.2 Å². The van der Waals surface area contributed by atoms with Crippen molar-refractivity contribution in [1.29, 1.82) is 0 Å². The molecular formula is C21H23N3O6. The maximum absolute atomic E-state index is 12.4. The third kappa shape index (κ3) is 5.63. The zero-order valence-electron chi connectivity index (χ0n) is 16.7. The second kappa shape index (κ2) is 9.64. The largest absolute Gasteiger partial charge is 0.481 e. The van der Waals surface area contributed by atoms with Crippen LogP contribution in [-0.2, 0) is 9.59 Å². The van der Waals surface area contributed by atoms with E-state index in [1.54, 1.807) is 49.4 Å². The Morgan fingerprint density at radius 3 is 2.43 bits per heavy atom. The molecule has 0 aromatic heterocycles. The molecule has 3 rings (SSSR count). The van der Waals surface area contributed by atoms with Crippen LogP contribution in [0.3, 0.4) is 0 Å². The van der Waals surface area contributed by atoms with E-state index < -0.39 is 6.10 Å². The van der Waals surface area contributed by atoms with E-state index in [-0.39, 0.29) is 24.5 Å². The quantitative estimate of drug-likeness (QED) is 0.568. The summed E-state index contributed by atoms with van der Waals surface area (Å²) in [4.78, 5) is 35.3. The van der Waals surface area contributed by atoms with Gasteiger partial charge in [0.05, 0.1) is 0 Å². The summed E-state index contributed by atoms with van der Waals surface area (Å²) in [6.45, 7) is 3.90. The molecule has 1 aliphatic rings. The van der Waals surface area contributed by atoms with Gasteiger partial charge in [0.2, 0.25) is 12.7 Å². The SMILES string of the molecule is CC(=O)NCCNC(=O)c1ccc(NC(=O)C(C)Oc2ccc3c(c2)OCO3)cc1. The highest BCUT2D eigenvalue weighted by molar-refractivity contribution is 5.96. The minimum absolute atomic E-state index is 0.152. The molecule has 158 valence electrons. The first-order valence-corrected chi connectivity index (χ1v) is 9.42. The minimum atomic E-state index is -0.748. The molecule has 3 amide bonds. The summed E-state index contributed by atoms with van der Waals surface area (Å²) in [5.74, 6) is 0.955. The molecule has 30 heavy (non-hydrogen) atoms. The van der Waals surface area contributed by atoms with Crippen molar-refractivity contribution in [2.24, 2.45) is 0 Å². The van der Waals surface area contributed by atoms with E-state index in [0.717, 1.165) is 0 Å². The third-order valence-electron chi connectivity index (χ3n) is 4.23. The van der Waals surface area contributed by atoms with Gasteiger partial charge in [-0.2, -0.15) is 0 Å². The average molecular weight is 413 g/mol. The van der Waals surface area contributed by atoms with E-state index in [0.29, 0.717) is 41.6 Å². The zero-order valence-corrected chi connectivity index (χ0v) is 16.7. The van der Waals surface area contributed by atoms with Crippen LogP contribution in [0, 0.1) is 0 Å².